The van der Waals surface area contributed by atoms with Gasteiger partial charge in [-0.1, -0.05) is 18.2 Å². The Labute approximate surface area is 156 Å². The first-order valence-corrected chi connectivity index (χ1v) is 9.63. The van der Waals surface area contributed by atoms with Crippen molar-refractivity contribution in [3.8, 4) is 5.75 Å². The highest BCUT2D eigenvalue weighted by Gasteiger charge is 2.33. The quantitative estimate of drug-likeness (QED) is 0.893. The maximum Gasteiger partial charge on any atom is 0.123 e. The third kappa shape index (κ3) is 3.62. The highest BCUT2D eigenvalue weighted by atomic mass is 16.5. The second-order valence-electron chi connectivity index (χ2n) is 8.37. The highest BCUT2D eigenvalue weighted by molar-refractivity contribution is 5.41. The molecule has 1 fully saturated rings. The minimum atomic E-state index is -0.0697. The Morgan fingerprint density at radius 3 is 3.00 bits per heavy atom. The number of nitrogens with zero attached hydrogens (tertiary/aromatic N) is 2. The Balaban J connectivity index is 1.36. The summed E-state index contributed by atoms with van der Waals surface area (Å²) in [5.41, 5.74) is 3.94. The van der Waals surface area contributed by atoms with Crippen molar-refractivity contribution < 1.29 is 4.74 Å². The van der Waals surface area contributed by atoms with E-state index in [-0.39, 0.29) is 5.60 Å². The Hall–Kier alpha value is -1.91. The van der Waals surface area contributed by atoms with E-state index in [1.807, 2.05) is 18.5 Å². The molecular weight excluding hydrogens is 322 g/mol. The fourth-order valence-electron chi connectivity index (χ4n) is 4.49. The van der Waals surface area contributed by atoms with Gasteiger partial charge in [0.25, 0.3) is 0 Å². The summed E-state index contributed by atoms with van der Waals surface area (Å²) in [7, 11) is 2.22. The molecule has 2 atom stereocenters. The molecule has 26 heavy (non-hydrogen) atoms. The predicted octanol–water partition coefficient (Wildman–Crippen LogP) is 3.58. The number of hydrogen-bond acceptors (Lipinski definition) is 4. The lowest BCUT2D eigenvalue weighted by molar-refractivity contribution is 0.138. The van der Waals surface area contributed by atoms with Crippen LogP contribution < -0.4 is 10.1 Å². The Kier molecular flexibility index (Phi) is 4.72. The smallest absolute Gasteiger partial charge is 0.123 e. The van der Waals surface area contributed by atoms with E-state index in [2.05, 4.69) is 60.4 Å². The van der Waals surface area contributed by atoms with Gasteiger partial charge >= 0.3 is 0 Å². The van der Waals surface area contributed by atoms with E-state index in [0.29, 0.717) is 12.0 Å². The van der Waals surface area contributed by atoms with Gasteiger partial charge in [0.05, 0.1) is 0 Å². The zero-order valence-electron chi connectivity index (χ0n) is 16.0. The lowest BCUT2D eigenvalue weighted by Crippen LogP contribution is -2.28. The second-order valence-corrected chi connectivity index (χ2v) is 8.37. The number of fused-ring (bicyclic) bond motifs is 1. The third-order valence-corrected chi connectivity index (χ3v) is 5.66. The molecule has 0 aliphatic carbocycles. The molecule has 1 N–H and O–H groups in total. The molecule has 1 aromatic carbocycles. The summed E-state index contributed by atoms with van der Waals surface area (Å²) in [6.07, 6.45) is 6.09. The molecular formula is C22H29N3O. The van der Waals surface area contributed by atoms with Gasteiger partial charge in [0, 0.05) is 37.9 Å². The number of rotatable bonds is 5. The van der Waals surface area contributed by atoms with Gasteiger partial charge < -0.3 is 10.1 Å². The summed E-state index contributed by atoms with van der Waals surface area (Å²) in [4.78, 5) is 6.77. The fraction of sp³-hybridized carbons (Fsp3) is 0.500. The van der Waals surface area contributed by atoms with Crippen LogP contribution in [0.15, 0.2) is 42.7 Å². The summed E-state index contributed by atoms with van der Waals surface area (Å²) in [6.45, 7) is 7.40. The van der Waals surface area contributed by atoms with E-state index >= 15 is 0 Å². The molecule has 1 saturated heterocycles. The summed E-state index contributed by atoms with van der Waals surface area (Å²) < 4.78 is 5.98. The zero-order chi connectivity index (χ0) is 18.1. The van der Waals surface area contributed by atoms with Crippen LogP contribution in [-0.4, -0.2) is 35.6 Å². The van der Waals surface area contributed by atoms with E-state index in [0.717, 1.165) is 31.8 Å². The third-order valence-electron chi connectivity index (χ3n) is 5.66. The normalized spacial score (nSPS) is 24.4. The summed E-state index contributed by atoms with van der Waals surface area (Å²) in [5, 5.41) is 3.69. The molecule has 1 aromatic heterocycles. The summed E-state index contributed by atoms with van der Waals surface area (Å²) in [6, 6.07) is 11.3. The number of benzene rings is 1. The molecule has 0 spiro atoms. The first-order chi connectivity index (χ1) is 12.5. The molecule has 2 aromatic rings. The molecule has 0 saturated carbocycles. The highest BCUT2D eigenvalue weighted by Crippen LogP contribution is 2.36. The van der Waals surface area contributed by atoms with Gasteiger partial charge in [0.15, 0.2) is 0 Å². The SMILES string of the molecule is CN1CC[C@@H](CNCc2ccc3c(c2)CC(C)(C)O3)[C@@H]1c1cccnc1. The maximum absolute atomic E-state index is 5.98. The van der Waals surface area contributed by atoms with Gasteiger partial charge in [-0.25, -0.2) is 0 Å². The standard InChI is InChI=1S/C22H29N3O/c1-22(2)12-19-11-16(6-7-20(19)26-22)13-24-15-18-8-10-25(3)21(18)17-5-4-9-23-14-17/h4-7,9,11,14,18,21,24H,8,10,12-13,15H2,1-3H3/t18-,21-/m0/s1. The van der Waals surface area contributed by atoms with Crippen LogP contribution >= 0.6 is 0 Å². The van der Waals surface area contributed by atoms with Gasteiger partial charge in [-0.3, -0.25) is 9.88 Å². The molecule has 2 aliphatic heterocycles. The molecule has 3 heterocycles. The molecule has 4 heteroatoms. The van der Waals surface area contributed by atoms with E-state index < -0.39 is 0 Å². The number of aromatic nitrogens is 1. The van der Waals surface area contributed by atoms with E-state index in [1.54, 1.807) is 0 Å². The Bertz CT molecular complexity index is 759. The average molecular weight is 351 g/mol. The van der Waals surface area contributed by atoms with Crippen LogP contribution in [0.25, 0.3) is 0 Å². The zero-order valence-corrected chi connectivity index (χ0v) is 16.0. The van der Waals surface area contributed by atoms with E-state index in [9.17, 15) is 0 Å². The van der Waals surface area contributed by atoms with Gasteiger partial charge in [0.2, 0.25) is 0 Å². The topological polar surface area (TPSA) is 37.4 Å². The van der Waals surface area contributed by atoms with Crippen molar-refractivity contribution in [3.05, 3.63) is 59.4 Å². The van der Waals surface area contributed by atoms with Crippen LogP contribution in [0.5, 0.6) is 5.75 Å². The lowest BCUT2D eigenvalue weighted by atomic mass is 9.94. The monoisotopic (exact) mass is 351 g/mol. The lowest BCUT2D eigenvalue weighted by Gasteiger charge is -2.25. The van der Waals surface area contributed by atoms with Crippen LogP contribution in [0, 0.1) is 5.92 Å². The largest absolute Gasteiger partial charge is 0.487 e. The van der Waals surface area contributed by atoms with E-state index in [1.165, 1.54) is 23.1 Å². The van der Waals surface area contributed by atoms with Gasteiger partial charge in [-0.15, -0.1) is 0 Å². The van der Waals surface area contributed by atoms with Crippen molar-refractivity contribution >= 4 is 0 Å². The molecule has 138 valence electrons. The molecule has 0 bridgehead atoms. The molecule has 0 amide bonds. The minimum absolute atomic E-state index is 0.0697. The van der Waals surface area contributed by atoms with Gasteiger partial charge in [0.1, 0.15) is 11.4 Å². The average Bonchev–Trinajstić information content (AvgIpc) is 3.13. The second kappa shape index (κ2) is 7.01. The number of ether oxygens (including phenoxy) is 1. The molecule has 0 radical (unpaired) electrons. The maximum atomic E-state index is 5.98. The molecule has 4 rings (SSSR count). The summed E-state index contributed by atoms with van der Waals surface area (Å²) in [5.74, 6) is 1.67. The van der Waals surface area contributed by atoms with Crippen molar-refractivity contribution in [1.82, 2.24) is 15.2 Å². The predicted molar refractivity (Wildman–Crippen MR) is 104 cm³/mol. The van der Waals surface area contributed by atoms with Crippen molar-refractivity contribution in [2.75, 3.05) is 20.1 Å². The van der Waals surface area contributed by atoms with Crippen molar-refractivity contribution in [2.24, 2.45) is 5.92 Å². The van der Waals surface area contributed by atoms with Crippen LogP contribution in [-0.2, 0) is 13.0 Å². The van der Waals surface area contributed by atoms with Crippen LogP contribution in [0.3, 0.4) is 0 Å². The minimum Gasteiger partial charge on any atom is -0.487 e. The van der Waals surface area contributed by atoms with E-state index in [4.69, 9.17) is 4.74 Å². The van der Waals surface area contributed by atoms with Crippen LogP contribution in [0.2, 0.25) is 0 Å². The Morgan fingerprint density at radius 1 is 1.31 bits per heavy atom. The fourth-order valence-corrected chi connectivity index (χ4v) is 4.49. The van der Waals surface area contributed by atoms with Gasteiger partial charge in [-0.2, -0.15) is 0 Å². The first-order valence-electron chi connectivity index (χ1n) is 9.63. The van der Waals surface area contributed by atoms with Crippen molar-refractivity contribution in [1.29, 1.82) is 0 Å². The van der Waals surface area contributed by atoms with Crippen molar-refractivity contribution in [3.63, 3.8) is 0 Å². The summed E-state index contributed by atoms with van der Waals surface area (Å²) >= 11 is 0. The van der Waals surface area contributed by atoms with Crippen LogP contribution in [0.4, 0.5) is 0 Å². The number of nitrogens with one attached hydrogen (secondary N) is 1. The first kappa shape index (κ1) is 17.5. The van der Waals surface area contributed by atoms with Crippen LogP contribution in [0.1, 0.15) is 43.0 Å². The number of likely N-dealkylation sites (tertiary alicyclic amines) is 1. The van der Waals surface area contributed by atoms with Crippen molar-refractivity contribution in [2.45, 2.75) is 44.9 Å². The number of pyridine rings is 1. The van der Waals surface area contributed by atoms with Gasteiger partial charge in [-0.05, 0) is 68.6 Å². The Morgan fingerprint density at radius 2 is 2.19 bits per heavy atom. The molecule has 4 nitrogen and oxygen atoms in total. The number of hydrogen-bond donors (Lipinski definition) is 1. The molecule has 2 aliphatic rings. The molecule has 0 unspecified atom stereocenters.